The second-order valence-corrected chi connectivity index (χ2v) is 4.63. The highest BCUT2D eigenvalue weighted by Gasteiger charge is 2.24. The van der Waals surface area contributed by atoms with Gasteiger partial charge < -0.3 is 14.2 Å². The highest BCUT2D eigenvalue weighted by Crippen LogP contribution is 2.28. The molecule has 0 aliphatic carbocycles. The minimum atomic E-state index is -0.145. The van der Waals surface area contributed by atoms with Crippen LogP contribution in [0, 0.1) is 0 Å². The molecule has 0 amide bonds. The maximum absolute atomic E-state index is 5.84. The van der Waals surface area contributed by atoms with Crippen LogP contribution in [-0.2, 0) is 15.9 Å². The van der Waals surface area contributed by atoms with E-state index in [1.165, 1.54) is 12.0 Å². The fourth-order valence-corrected chi connectivity index (χ4v) is 2.38. The van der Waals surface area contributed by atoms with Crippen LogP contribution in [0.15, 0.2) is 24.3 Å². The van der Waals surface area contributed by atoms with Crippen LogP contribution in [0.2, 0.25) is 0 Å². The molecule has 2 unspecified atom stereocenters. The molecule has 3 rings (SSSR count). The summed E-state index contributed by atoms with van der Waals surface area (Å²) in [6.07, 6.45) is 5.04. The molecule has 2 aliphatic rings. The lowest BCUT2D eigenvalue weighted by Gasteiger charge is -2.31. The Morgan fingerprint density at radius 2 is 2.00 bits per heavy atom. The Labute approximate surface area is 102 Å². The van der Waals surface area contributed by atoms with Crippen LogP contribution in [0.4, 0.5) is 0 Å². The second kappa shape index (κ2) is 5.07. The number of hydrogen-bond donors (Lipinski definition) is 0. The van der Waals surface area contributed by atoms with E-state index >= 15 is 0 Å². The molecule has 3 nitrogen and oxygen atoms in total. The van der Waals surface area contributed by atoms with E-state index in [1.807, 2.05) is 18.2 Å². The molecule has 0 aromatic heterocycles. The van der Waals surface area contributed by atoms with Gasteiger partial charge in [-0.1, -0.05) is 18.2 Å². The third-order valence-electron chi connectivity index (χ3n) is 3.32. The fraction of sp³-hybridized carbons (Fsp3) is 0.571. The zero-order valence-electron chi connectivity index (χ0n) is 9.93. The fourth-order valence-electron chi connectivity index (χ4n) is 2.38. The summed E-state index contributed by atoms with van der Waals surface area (Å²) in [6.45, 7) is 0.813. The largest absolute Gasteiger partial charge is 0.465 e. The smallest absolute Gasteiger partial charge is 0.202 e. The average Bonchev–Trinajstić information content (AvgIpc) is 2.40. The Morgan fingerprint density at radius 1 is 1.06 bits per heavy atom. The zero-order chi connectivity index (χ0) is 11.5. The predicted octanol–water partition coefficient (Wildman–Crippen LogP) is 2.88. The normalized spacial score (nSPS) is 28.2. The summed E-state index contributed by atoms with van der Waals surface area (Å²) in [7, 11) is 0. The van der Waals surface area contributed by atoms with Crippen LogP contribution in [0.3, 0.4) is 0 Å². The number of aryl methyl sites for hydroxylation is 1. The Balaban J connectivity index is 1.60. The number of ether oxygens (including phenoxy) is 3. The van der Waals surface area contributed by atoms with Gasteiger partial charge in [-0.25, -0.2) is 0 Å². The Morgan fingerprint density at radius 3 is 2.88 bits per heavy atom. The SMILES string of the molecule is c1ccc2c(c1)CCC(OC1CCCCO1)O2. The molecule has 1 aromatic rings. The van der Waals surface area contributed by atoms with E-state index in [1.54, 1.807) is 0 Å². The predicted molar refractivity (Wildman–Crippen MR) is 63.9 cm³/mol. The van der Waals surface area contributed by atoms with Gasteiger partial charge >= 0.3 is 0 Å². The number of rotatable bonds is 2. The number of fused-ring (bicyclic) bond motifs is 1. The van der Waals surface area contributed by atoms with Crippen molar-refractivity contribution >= 4 is 0 Å². The van der Waals surface area contributed by atoms with Gasteiger partial charge in [0.2, 0.25) is 6.29 Å². The molecule has 2 atom stereocenters. The summed E-state index contributed by atoms with van der Waals surface area (Å²) < 4.78 is 17.2. The number of hydrogen-bond acceptors (Lipinski definition) is 3. The van der Waals surface area contributed by atoms with Crippen molar-refractivity contribution in [1.82, 2.24) is 0 Å². The molecule has 3 heteroatoms. The van der Waals surface area contributed by atoms with Crippen molar-refractivity contribution in [3.63, 3.8) is 0 Å². The summed E-state index contributed by atoms with van der Waals surface area (Å²) in [5.74, 6) is 0.958. The Hall–Kier alpha value is -1.06. The monoisotopic (exact) mass is 234 g/mol. The van der Waals surface area contributed by atoms with Crippen molar-refractivity contribution in [2.24, 2.45) is 0 Å². The standard InChI is InChI=1S/C14H18O3/c1-2-6-12-11(5-1)8-9-14(16-12)17-13-7-3-4-10-15-13/h1-2,5-6,13-14H,3-4,7-10H2. The topological polar surface area (TPSA) is 27.7 Å². The molecule has 92 valence electrons. The van der Waals surface area contributed by atoms with E-state index in [4.69, 9.17) is 14.2 Å². The van der Waals surface area contributed by atoms with Crippen molar-refractivity contribution < 1.29 is 14.2 Å². The quantitative estimate of drug-likeness (QED) is 0.787. The number of benzene rings is 1. The van der Waals surface area contributed by atoms with Gasteiger partial charge in [0.15, 0.2) is 6.29 Å². The third-order valence-corrected chi connectivity index (χ3v) is 3.32. The first-order chi connectivity index (χ1) is 8.42. The highest BCUT2D eigenvalue weighted by atomic mass is 16.8. The first-order valence-electron chi connectivity index (χ1n) is 6.43. The Kier molecular flexibility index (Phi) is 3.29. The zero-order valence-corrected chi connectivity index (χ0v) is 9.93. The van der Waals surface area contributed by atoms with Crippen molar-refractivity contribution in [3.8, 4) is 5.75 Å². The molecule has 2 heterocycles. The number of para-hydroxylation sites is 1. The molecule has 0 bridgehead atoms. The van der Waals surface area contributed by atoms with Crippen molar-refractivity contribution in [1.29, 1.82) is 0 Å². The lowest BCUT2D eigenvalue weighted by molar-refractivity contribution is -0.235. The molecule has 1 saturated heterocycles. The van der Waals surface area contributed by atoms with Crippen LogP contribution in [0.25, 0.3) is 0 Å². The minimum absolute atomic E-state index is 0.0704. The minimum Gasteiger partial charge on any atom is -0.465 e. The van der Waals surface area contributed by atoms with E-state index in [2.05, 4.69) is 6.07 Å². The summed E-state index contributed by atoms with van der Waals surface area (Å²) in [5, 5.41) is 0. The van der Waals surface area contributed by atoms with Gasteiger partial charge in [-0.3, -0.25) is 0 Å². The lowest BCUT2D eigenvalue weighted by Crippen LogP contribution is -2.33. The van der Waals surface area contributed by atoms with Gasteiger partial charge in [-0.15, -0.1) is 0 Å². The molecule has 0 spiro atoms. The van der Waals surface area contributed by atoms with Crippen molar-refractivity contribution in [3.05, 3.63) is 29.8 Å². The maximum atomic E-state index is 5.84. The van der Waals surface area contributed by atoms with Crippen LogP contribution in [-0.4, -0.2) is 19.2 Å². The van der Waals surface area contributed by atoms with E-state index in [0.717, 1.165) is 38.0 Å². The third kappa shape index (κ3) is 2.61. The molecule has 1 fully saturated rings. The molecule has 17 heavy (non-hydrogen) atoms. The average molecular weight is 234 g/mol. The van der Waals surface area contributed by atoms with Crippen LogP contribution in [0.1, 0.15) is 31.2 Å². The molecular weight excluding hydrogens is 216 g/mol. The first-order valence-corrected chi connectivity index (χ1v) is 6.43. The van der Waals surface area contributed by atoms with Crippen molar-refractivity contribution in [2.75, 3.05) is 6.61 Å². The maximum Gasteiger partial charge on any atom is 0.202 e. The van der Waals surface area contributed by atoms with E-state index in [-0.39, 0.29) is 12.6 Å². The van der Waals surface area contributed by atoms with Crippen molar-refractivity contribution in [2.45, 2.75) is 44.7 Å². The summed E-state index contributed by atoms with van der Waals surface area (Å²) >= 11 is 0. The molecular formula is C14H18O3. The van der Waals surface area contributed by atoms with Crippen LogP contribution >= 0.6 is 0 Å². The van der Waals surface area contributed by atoms with E-state index in [0.29, 0.717) is 0 Å². The van der Waals surface area contributed by atoms with E-state index in [9.17, 15) is 0 Å². The Bertz CT molecular complexity index is 371. The highest BCUT2D eigenvalue weighted by molar-refractivity contribution is 5.34. The molecule has 0 N–H and O–H groups in total. The summed E-state index contributed by atoms with van der Waals surface area (Å²) in [4.78, 5) is 0. The first kappa shape index (κ1) is 11.1. The molecule has 1 aromatic carbocycles. The second-order valence-electron chi connectivity index (χ2n) is 4.63. The lowest BCUT2D eigenvalue weighted by atomic mass is 10.1. The van der Waals surface area contributed by atoms with Gasteiger partial charge in [0.05, 0.1) is 0 Å². The molecule has 0 saturated carbocycles. The van der Waals surface area contributed by atoms with E-state index < -0.39 is 0 Å². The van der Waals surface area contributed by atoms with Gasteiger partial charge in [-0.05, 0) is 37.3 Å². The van der Waals surface area contributed by atoms with Gasteiger partial charge in [-0.2, -0.15) is 0 Å². The van der Waals surface area contributed by atoms with Gasteiger partial charge in [0.1, 0.15) is 5.75 Å². The van der Waals surface area contributed by atoms with Crippen LogP contribution in [0.5, 0.6) is 5.75 Å². The summed E-state index contributed by atoms with van der Waals surface area (Å²) in [6, 6.07) is 8.17. The molecule has 0 radical (unpaired) electrons. The van der Waals surface area contributed by atoms with Crippen LogP contribution < -0.4 is 4.74 Å². The van der Waals surface area contributed by atoms with Gasteiger partial charge in [0.25, 0.3) is 0 Å². The van der Waals surface area contributed by atoms with Gasteiger partial charge in [0, 0.05) is 13.0 Å². The molecule has 2 aliphatic heterocycles. The summed E-state index contributed by atoms with van der Waals surface area (Å²) in [5.41, 5.74) is 1.27.